The first kappa shape index (κ1) is 16.0. The van der Waals surface area contributed by atoms with Crippen LogP contribution in [-0.2, 0) is 12.8 Å². The molecular weight excluding hydrogens is 285 g/mol. The van der Waals surface area contributed by atoms with Crippen LogP contribution in [0.2, 0.25) is 0 Å². The molecule has 0 saturated heterocycles. The van der Waals surface area contributed by atoms with Crippen molar-refractivity contribution in [1.29, 1.82) is 0 Å². The SMILES string of the molecule is CCc1nn(C(C)CN)c(CC)c1Sc1ccc(F)cc1. The van der Waals surface area contributed by atoms with E-state index >= 15 is 0 Å². The van der Waals surface area contributed by atoms with Crippen LogP contribution >= 0.6 is 11.8 Å². The van der Waals surface area contributed by atoms with Gasteiger partial charge >= 0.3 is 0 Å². The number of nitrogens with two attached hydrogens (primary N) is 1. The van der Waals surface area contributed by atoms with Crippen molar-refractivity contribution in [3.63, 3.8) is 0 Å². The summed E-state index contributed by atoms with van der Waals surface area (Å²) >= 11 is 1.66. The first-order valence-electron chi connectivity index (χ1n) is 7.34. The smallest absolute Gasteiger partial charge is 0.123 e. The van der Waals surface area contributed by atoms with Crippen LogP contribution < -0.4 is 5.73 Å². The minimum atomic E-state index is -0.210. The van der Waals surface area contributed by atoms with Crippen molar-refractivity contribution in [2.24, 2.45) is 5.73 Å². The molecule has 0 fully saturated rings. The maximum Gasteiger partial charge on any atom is 0.123 e. The van der Waals surface area contributed by atoms with E-state index in [0.717, 1.165) is 23.4 Å². The highest BCUT2D eigenvalue weighted by Gasteiger charge is 2.19. The van der Waals surface area contributed by atoms with E-state index in [-0.39, 0.29) is 11.9 Å². The number of aromatic nitrogens is 2. The molecule has 0 saturated carbocycles. The van der Waals surface area contributed by atoms with Crippen LogP contribution in [0.3, 0.4) is 0 Å². The number of rotatable bonds is 6. The Kier molecular flexibility index (Phi) is 5.42. The zero-order valence-corrected chi connectivity index (χ0v) is 13.6. The summed E-state index contributed by atoms with van der Waals surface area (Å²) in [6, 6.07) is 6.79. The first-order chi connectivity index (χ1) is 10.1. The molecule has 0 radical (unpaired) electrons. The molecule has 0 aliphatic heterocycles. The van der Waals surface area contributed by atoms with Crippen LogP contribution in [0.25, 0.3) is 0 Å². The molecule has 114 valence electrons. The highest BCUT2D eigenvalue weighted by Crippen LogP contribution is 2.35. The van der Waals surface area contributed by atoms with Crippen LogP contribution in [0, 0.1) is 5.82 Å². The van der Waals surface area contributed by atoms with Crippen molar-refractivity contribution in [3.05, 3.63) is 41.5 Å². The summed E-state index contributed by atoms with van der Waals surface area (Å²) in [6.45, 7) is 6.88. The third kappa shape index (κ3) is 3.47. The second-order valence-corrected chi connectivity index (χ2v) is 6.10. The minimum Gasteiger partial charge on any atom is -0.328 e. The summed E-state index contributed by atoms with van der Waals surface area (Å²) in [4.78, 5) is 2.22. The fraction of sp³-hybridized carbons (Fsp3) is 0.438. The lowest BCUT2D eigenvalue weighted by atomic mass is 10.2. The van der Waals surface area contributed by atoms with Gasteiger partial charge in [-0.05, 0) is 44.0 Å². The van der Waals surface area contributed by atoms with Gasteiger partial charge in [0.1, 0.15) is 5.82 Å². The first-order valence-corrected chi connectivity index (χ1v) is 8.16. The summed E-state index contributed by atoms with van der Waals surface area (Å²) in [6.07, 6.45) is 1.78. The lowest BCUT2D eigenvalue weighted by Gasteiger charge is -2.13. The molecule has 0 aliphatic rings. The number of aryl methyl sites for hydroxylation is 1. The van der Waals surface area contributed by atoms with E-state index in [4.69, 9.17) is 10.8 Å². The molecule has 0 amide bonds. The van der Waals surface area contributed by atoms with Gasteiger partial charge in [0.2, 0.25) is 0 Å². The number of hydrogen-bond donors (Lipinski definition) is 1. The van der Waals surface area contributed by atoms with E-state index in [9.17, 15) is 4.39 Å². The van der Waals surface area contributed by atoms with E-state index in [1.165, 1.54) is 22.7 Å². The number of halogens is 1. The van der Waals surface area contributed by atoms with E-state index < -0.39 is 0 Å². The summed E-state index contributed by atoms with van der Waals surface area (Å²) in [7, 11) is 0. The number of benzene rings is 1. The fourth-order valence-corrected chi connectivity index (χ4v) is 3.43. The molecule has 2 rings (SSSR count). The predicted molar refractivity (Wildman–Crippen MR) is 85.3 cm³/mol. The van der Waals surface area contributed by atoms with Crippen LogP contribution in [-0.4, -0.2) is 16.3 Å². The van der Waals surface area contributed by atoms with Gasteiger partial charge in [0.15, 0.2) is 0 Å². The molecule has 3 nitrogen and oxygen atoms in total. The van der Waals surface area contributed by atoms with Gasteiger partial charge in [-0.25, -0.2) is 4.39 Å². The lowest BCUT2D eigenvalue weighted by molar-refractivity contribution is 0.478. The molecule has 0 spiro atoms. The summed E-state index contributed by atoms with van der Waals surface area (Å²) in [5.74, 6) is -0.210. The van der Waals surface area contributed by atoms with Crippen LogP contribution in [0.15, 0.2) is 34.1 Å². The quantitative estimate of drug-likeness (QED) is 0.882. The Morgan fingerprint density at radius 1 is 1.24 bits per heavy atom. The molecule has 2 N–H and O–H groups in total. The lowest BCUT2D eigenvalue weighted by Crippen LogP contribution is -2.19. The molecule has 1 atom stereocenters. The van der Waals surface area contributed by atoms with Crippen molar-refractivity contribution in [3.8, 4) is 0 Å². The Labute approximate surface area is 129 Å². The fourth-order valence-electron chi connectivity index (χ4n) is 2.26. The Hall–Kier alpha value is -1.33. The van der Waals surface area contributed by atoms with Crippen LogP contribution in [0.5, 0.6) is 0 Å². The Bertz CT molecular complexity index is 592. The molecule has 0 bridgehead atoms. The summed E-state index contributed by atoms with van der Waals surface area (Å²) in [5, 5.41) is 4.73. The highest BCUT2D eigenvalue weighted by molar-refractivity contribution is 7.99. The molecule has 5 heteroatoms. The second kappa shape index (κ2) is 7.09. The monoisotopic (exact) mass is 307 g/mol. The topological polar surface area (TPSA) is 43.8 Å². The van der Waals surface area contributed by atoms with Crippen molar-refractivity contribution >= 4 is 11.8 Å². The average Bonchev–Trinajstić information content (AvgIpc) is 2.86. The molecule has 1 unspecified atom stereocenters. The summed E-state index contributed by atoms with van der Waals surface area (Å²) < 4.78 is 15.1. The van der Waals surface area contributed by atoms with Crippen molar-refractivity contribution in [2.45, 2.75) is 49.4 Å². The van der Waals surface area contributed by atoms with Gasteiger partial charge < -0.3 is 5.73 Å². The van der Waals surface area contributed by atoms with Gasteiger partial charge in [0.05, 0.1) is 22.3 Å². The van der Waals surface area contributed by atoms with Crippen LogP contribution in [0.1, 0.15) is 38.2 Å². The van der Waals surface area contributed by atoms with E-state index in [1.807, 2.05) is 16.8 Å². The standard InChI is InChI=1S/C16H22FN3S/c1-4-14-16(21-13-8-6-12(17)7-9-13)15(5-2)20(19-14)11(3)10-18/h6-9,11H,4-5,10,18H2,1-3H3. The van der Waals surface area contributed by atoms with Gasteiger partial charge in [0, 0.05) is 11.4 Å². The van der Waals surface area contributed by atoms with Crippen molar-refractivity contribution in [2.75, 3.05) is 6.54 Å². The zero-order chi connectivity index (χ0) is 15.4. The minimum absolute atomic E-state index is 0.188. The van der Waals surface area contributed by atoms with E-state index in [1.54, 1.807) is 11.8 Å². The van der Waals surface area contributed by atoms with Gasteiger partial charge in [-0.3, -0.25) is 4.68 Å². The largest absolute Gasteiger partial charge is 0.328 e. The Morgan fingerprint density at radius 3 is 2.43 bits per heavy atom. The highest BCUT2D eigenvalue weighted by atomic mass is 32.2. The number of hydrogen-bond acceptors (Lipinski definition) is 3. The van der Waals surface area contributed by atoms with E-state index in [0.29, 0.717) is 6.54 Å². The maximum atomic E-state index is 13.0. The maximum absolute atomic E-state index is 13.0. The molecule has 21 heavy (non-hydrogen) atoms. The van der Waals surface area contributed by atoms with Gasteiger partial charge in [-0.15, -0.1) is 0 Å². The number of nitrogens with zero attached hydrogens (tertiary/aromatic N) is 2. The predicted octanol–water partition coefficient (Wildman–Crippen LogP) is 3.82. The van der Waals surface area contributed by atoms with Crippen molar-refractivity contribution < 1.29 is 4.39 Å². The van der Waals surface area contributed by atoms with Gasteiger partial charge in [-0.1, -0.05) is 25.6 Å². The van der Waals surface area contributed by atoms with Gasteiger partial charge in [-0.2, -0.15) is 5.10 Å². The molecule has 1 aromatic carbocycles. The van der Waals surface area contributed by atoms with Crippen molar-refractivity contribution in [1.82, 2.24) is 9.78 Å². The zero-order valence-electron chi connectivity index (χ0n) is 12.8. The second-order valence-electron chi connectivity index (χ2n) is 5.01. The normalized spacial score (nSPS) is 12.6. The third-order valence-corrected chi connectivity index (χ3v) is 4.67. The molecule has 2 aromatic rings. The average molecular weight is 307 g/mol. The third-order valence-electron chi connectivity index (χ3n) is 3.49. The Morgan fingerprint density at radius 2 is 1.90 bits per heavy atom. The molecular formula is C16H22FN3S. The molecule has 1 heterocycles. The molecule has 1 aromatic heterocycles. The van der Waals surface area contributed by atoms with E-state index in [2.05, 4.69) is 20.8 Å². The molecule has 0 aliphatic carbocycles. The van der Waals surface area contributed by atoms with Gasteiger partial charge in [0.25, 0.3) is 0 Å². The Balaban J connectivity index is 2.41. The summed E-state index contributed by atoms with van der Waals surface area (Å²) in [5.41, 5.74) is 8.08. The van der Waals surface area contributed by atoms with Crippen LogP contribution in [0.4, 0.5) is 4.39 Å².